The average molecular weight is 907 g/mol. The largest absolute Gasteiger partial charge is 0.379 e. The minimum Gasteiger partial charge on any atom is -0.379 e. The molecule has 3 unspecified atom stereocenters. The number of ether oxygens (including phenoxy) is 4. The van der Waals surface area contributed by atoms with Crippen LogP contribution in [0.5, 0.6) is 0 Å². The Kier molecular flexibility index (Phi) is 51.4. The third kappa shape index (κ3) is 39.3. The monoisotopic (exact) mass is 906 g/mol. The maximum Gasteiger partial charge on any atom is 0.243 e. The van der Waals surface area contributed by atoms with Crippen molar-refractivity contribution in [2.75, 3.05) is 86.6 Å². The molecule has 0 bridgehead atoms. The van der Waals surface area contributed by atoms with Gasteiger partial charge in [0.15, 0.2) is 0 Å². The molecule has 0 aromatic heterocycles. The molecule has 58 heavy (non-hydrogen) atoms. The molecule has 0 aliphatic carbocycles. The molecule has 1 aromatic carbocycles. The van der Waals surface area contributed by atoms with E-state index < -0.39 is 29.9 Å². The van der Waals surface area contributed by atoms with Gasteiger partial charge in [-0.1, -0.05) is 64.4 Å². The first-order valence-corrected chi connectivity index (χ1v) is 19.3. The fraction of sp³-hybridized carbons (Fsp3) is 0.700. The maximum absolute atomic E-state index is 12.6. The van der Waals surface area contributed by atoms with Gasteiger partial charge in [-0.2, -0.15) is 0 Å². The van der Waals surface area contributed by atoms with Crippen LogP contribution in [0.1, 0.15) is 71.8 Å². The quantitative estimate of drug-likeness (QED) is 0.0244. The van der Waals surface area contributed by atoms with Crippen LogP contribution in [0.15, 0.2) is 30.3 Å². The number of hydrogen-bond acceptors (Lipinski definition) is 13. The summed E-state index contributed by atoms with van der Waals surface area (Å²) >= 11 is 0. The molecule has 0 aliphatic rings. The first-order valence-electron chi connectivity index (χ1n) is 19.3. The van der Waals surface area contributed by atoms with Crippen molar-refractivity contribution < 1.29 is 81.0 Å². The zero-order valence-corrected chi connectivity index (χ0v) is 39.6. The molecule has 1 rings (SSSR count). The molecule has 0 aliphatic heterocycles. The summed E-state index contributed by atoms with van der Waals surface area (Å²) in [5, 5.41) is 16.1. The summed E-state index contributed by atoms with van der Waals surface area (Å²) in [6, 6.07) is 7.34. The Hall–Kier alpha value is -2.16. The Labute approximate surface area is 375 Å². The summed E-state index contributed by atoms with van der Waals surface area (Å²) in [6.07, 6.45) is 3.53. The van der Waals surface area contributed by atoms with Gasteiger partial charge in [-0.3, -0.25) is 24.4 Å². The number of carbonyl (C=O) groups excluding carboxylic acids is 4. The van der Waals surface area contributed by atoms with E-state index in [4.69, 9.17) is 41.4 Å². The van der Waals surface area contributed by atoms with Crippen LogP contribution in [0.4, 0.5) is 0 Å². The molecule has 3 atom stereocenters. The summed E-state index contributed by atoms with van der Waals surface area (Å²) in [7, 11) is 4.04. The first-order chi connectivity index (χ1) is 26.4. The number of benzene rings is 1. The molecule has 17 nitrogen and oxygen atoms in total. The topological polar surface area (TPSA) is 252 Å². The zero-order valence-electron chi connectivity index (χ0n) is 36.8. The van der Waals surface area contributed by atoms with Crippen molar-refractivity contribution in [3.63, 3.8) is 0 Å². The van der Waals surface area contributed by atoms with E-state index in [1.807, 2.05) is 58.3 Å². The third-order valence-electron chi connectivity index (χ3n) is 7.54. The second-order valence-electron chi connectivity index (χ2n) is 12.8. The third-order valence-corrected chi connectivity index (χ3v) is 7.54. The molecule has 10 N–H and O–H groups in total. The van der Waals surface area contributed by atoms with Crippen molar-refractivity contribution in [2.24, 2.45) is 23.1 Å². The predicted octanol–water partition coefficient (Wildman–Crippen LogP) is 2.07. The van der Waals surface area contributed by atoms with Gasteiger partial charge in [-0.15, -0.1) is 0 Å². The van der Waals surface area contributed by atoms with Gasteiger partial charge in [-0.25, -0.2) is 4.89 Å². The molecule has 0 fully saturated rings. The van der Waals surface area contributed by atoms with E-state index in [9.17, 15) is 19.2 Å². The SMILES string of the molecule is CC.CC(C)C(NC(=O)CCOCCOCCOCCOCCNC(=O)C(N)CCCCN(C)C)C(=O)NC(CCCN)C(N)=O.OOCc1ccccc1.[CH3-].[CH3-].[Y]. The van der Waals surface area contributed by atoms with Gasteiger partial charge in [0.25, 0.3) is 0 Å². The molecule has 0 saturated heterocycles. The molecule has 4 amide bonds. The van der Waals surface area contributed by atoms with Crippen LogP contribution in [-0.4, -0.2) is 138 Å². The number of nitrogens with two attached hydrogens (primary N) is 3. The Morgan fingerprint density at radius 3 is 1.79 bits per heavy atom. The number of primary amides is 1. The van der Waals surface area contributed by atoms with Gasteiger partial charge < -0.3 is 71.9 Å². The predicted molar refractivity (Wildman–Crippen MR) is 226 cm³/mol. The van der Waals surface area contributed by atoms with Crippen LogP contribution in [0.25, 0.3) is 0 Å². The molecule has 0 heterocycles. The summed E-state index contributed by atoms with van der Waals surface area (Å²) in [5.74, 6) is -1.81. The first kappa shape index (κ1) is 65.0. The van der Waals surface area contributed by atoms with E-state index in [1.165, 1.54) is 0 Å². The summed E-state index contributed by atoms with van der Waals surface area (Å²) in [5.41, 5.74) is 17.7. The summed E-state index contributed by atoms with van der Waals surface area (Å²) in [4.78, 5) is 54.6. The maximum atomic E-state index is 12.6. The Morgan fingerprint density at radius 2 is 1.31 bits per heavy atom. The number of rotatable bonds is 31. The minimum atomic E-state index is -0.838. The van der Waals surface area contributed by atoms with Gasteiger partial charge in [0.05, 0.1) is 58.9 Å². The van der Waals surface area contributed by atoms with Gasteiger partial charge in [-0.05, 0) is 64.3 Å². The van der Waals surface area contributed by atoms with E-state index in [2.05, 4.69) is 25.7 Å². The van der Waals surface area contributed by atoms with Crippen LogP contribution in [-0.2, 0) is 82.3 Å². The number of nitrogens with one attached hydrogen (secondary N) is 3. The van der Waals surface area contributed by atoms with Crippen molar-refractivity contribution in [1.29, 1.82) is 0 Å². The second-order valence-corrected chi connectivity index (χ2v) is 12.8. The fourth-order valence-corrected chi connectivity index (χ4v) is 4.53. The molecule has 1 aromatic rings. The fourth-order valence-electron chi connectivity index (χ4n) is 4.53. The van der Waals surface area contributed by atoms with Gasteiger partial charge >= 0.3 is 0 Å². The van der Waals surface area contributed by atoms with Crippen LogP contribution in [0.2, 0.25) is 0 Å². The standard InChI is InChI=1S/C29H59N7O8.C7H8O2.C2H6.2CH3.Y/c1-22(2)26(29(40)34-24(27(32)38)9-7-11-30)35-25(37)10-14-41-16-18-43-20-21-44-19-17-42-15-12-33-28(39)23(31)8-5-6-13-36(3)4;8-9-6-7-4-2-1-3-5-7;1-2;;;/h22-24,26H,5-21,30-31H2,1-4H3,(H2,32,38)(H,33,39)(H,34,40)(H,35,37);1-5,8H,6H2;1-2H3;2*1H3;/q;;;2*-1;. The Bertz CT molecular complexity index is 1100. The van der Waals surface area contributed by atoms with Crippen molar-refractivity contribution >= 4 is 23.6 Å². The summed E-state index contributed by atoms with van der Waals surface area (Å²) < 4.78 is 21.8. The molecule has 0 saturated carbocycles. The average Bonchev–Trinajstić information content (AvgIpc) is 3.16. The smallest absolute Gasteiger partial charge is 0.243 e. The van der Waals surface area contributed by atoms with Gasteiger partial charge in [0.2, 0.25) is 23.6 Å². The molecular formula is C40H79N7O10Y-2. The summed E-state index contributed by atoms with van der Waals surface area (Å²) in [6.45, 7) is 12.4. The van der Waals surface area contributed by atoms with E-state index in [0.29, 0.717) is 78.6 Å². The van der Waals surface area contributed by atoms with Crippen molar-refractivity contribution in [3.05, 3.63) is 50.7 Å². The number of amides is 4. The van der Waals surface area contributed by atoms with Gasteiger partial charge in [0, 0.05) is 45.7 Å². The number of nitrogens with zero attached hydrogens (tertiary/aromatic N) is 1. The molecular weight excluding hydrogens is 827 g/mol. The van der Waals surface area contributed by atoms with Crippen molar-refractivity contribution in [2.45, 2.75) is 91.0 Å². The molecule has 18 heteroatoms. The van der Waals surface area contributed by atoms with Crippen molar-refractivity contribution in [3.8, 4) is 0 Å². The van der Waals surface area contributed by atoms with Crippen LogP contribution < -0.4 is 33.2 Å². The number of unbranched alkanes of at least 4 members (excludes halogenated alkanes) is 1. The van der Waals surface area contributed by atoms with E-state index in [0.717, 1.165) is 24.9 Å². The molecule has 1 radical (unpaired) electrons. The Balaban J connectivity index is -0.000000578. The van der Waals surface area contributed by atoms with E-state index >= 15 is 0 Å². The molecule has 339 valence electrons. The van der Waals surface area contributed by atoms with E-state index in [-0.39, 0.29) is 84.9 Å². The van der Waals surface area contributed by atoms with Gasteiger partial charge in [0.1, 0.15) is 18.7 Å². The Morgan fingerprint density at radius 1 is 0.776 bits per heavy atom. The molecule has 0 spiro atoms. The van der Waals surface area contributed by atoms with Crippen LogP contribution in [0.3, 0.4) is 0 Å². The second kappa shape index (κ2) is 45.9. The van der Waals surface area contributed by atoms with Crippen molar-refractivity contribution in [1.82, 2.24) is 20.9 Å². The normalized spacial score (nSPS) is 11.8. The minimum absolute atomic E-state index is 0. The number of carbonyl (C=O) groups is 4. The van der Waals surface area contributed by atoms with E-state index in [1.54, 1.807) is 13.8 Å². The number of hydrogen-bond donors (Lipinski definition) is 7. The zero-order chi connectivity index (χ0) is 41.7. The van der Waals surface area contributed by atoms with Crippen LogP contribution >= 0.6 is 0 Å². The van der Waals surface area contributed by atoms with Crippen LogP contribution in [0, 0.1) is 20.8 Å².